The fraction of sp³-hybridized carbons (Fsp3) is 0.955. The second kappa shape index (κ2) is 14.0. The molecule has 2 saturated heterocycles. The van der Waals surface area contributed by atoms with E-state index >= 15 is 0 Å². The molecule has 29 heavy (non-hydrogen) atoms. The molecule has 7 heteroatoms. The molecule has 170 valence electrons. The molecule has 0 aromatic carbocycles. The van der Waals surface area contributed by atoms with Gasteiger partial charge in [-0.05, 0) is 51.6 Å². The average molecular weight is 523 g/mol. The van der Waals surface area contributed by atoms with E-state index in [4.69, 9.17) is 9.47 Å². The summed E-state index contributed by atoms with van der Waals surface area (Å²) in [5.74, 6) is 1.54. The minimum absolute atomic E-state index is 0. The molecular weight excluding hydrogens is 479 g/mol. The van der Waals surface area contributed by atoms with E-state index in [0.717, 1.165) is 58.3 Å². The summed E-state index contributed by atoms with van der Waals surface area (Å²) in [6.07, 6.45) is 13.1. The second-order valence-electron chi connectivity index (χ2n) is 8.84. The van der Waals surface area contributed by atoms with Gasteiger partial charge < -0.3 is 20.1 Å². The number of halogens is 1. The van der Waals surface area contributed by atoms with Gasteiger partial charge in [-0.1, -0.05) is 25.7 Å². The minimum atomic E-state index is 0. The molecule has 0 bridgehead atoms. The predicted molar refractivity (Wildman–Crippen MR) is 130 cm³/mol. The van der Waals surface area contributed by atoms with Crippen molar-refractivity contribution >= 4 is 29.9 Å². The third-order valence-electron chi connectivity index (χ3n) is 6.76. The Labute approximate surface area is 195 Å². The first-order valence-corrected chi connectivity index (χ1v) is 11.7. The van der Waals surface area contributed by atoms with E-state index < -0.39 is 0 Å². The largest absolute Gasteiger partial charge is 0.381 e. The number of piperidine rings is 1. The molecule has 0 radical (unpaired) electrons. The summed E-state index contributed by atoms with van der Waals surface area (Å²) in [6.45, 7) is 7.88. The normalized spacial score (nSPS) is 25.4. The van der Waals surface area contributed by atoms with Gasteiger partial charge in [-0.2, -0.15) is 0 Å². The van der Waals surface area contributed by atoms with Crippen LogP contribution in [0, 0.1) is 5.92 Å². The van der Waals surface area contributed by atoms with Crippen LogP contribution in [0.5, 0.6) is 0 Å². The molecule has 3 rings (SSSR count). The highest BCUT2D eigenvalue weighted by Gasteiger charge is 2.38. The van der Waals surface area contributed by atoms with Crippen molar-refractivity contribution in [2.75, 3.05) is 59.7 Å². The summed E-state index contributed by atoms with van der Waals surface area (Å²) in [4.78, 5) is 7.24. The first-order valence-electron chi connectivity index (χ1n) is 11.7. The van der Waals surface area contributed by atoms with E-state index in [9.17, 15) is 0 Å². The number of guanidine groups is 1. The Morgan fingerprint density at radius 2 is 1.86 bits per heavy atom. The Hall–Kier alpha value is -0.120. The molecule has 2 N–H and O–H groups in total. The lowest BCUT2D eigenvalue weighted by Gasteiger charge is -2.48. The van der Waals surface area contributed by atoms with Crippen LogP contribution in [0.4, 0.5) is 0 Å². The molecule has 2 heterocycles. The SMILES string of the molecule is CN=C(NCCCOCC1CCOC1)NCC1(N2CCCCC2)CCCCC1.I. The summed E-state index contributed by atoms with van der Waals surface area (Å²) >= 11 is 0. The molecule has 0 spiro atoms. The Kier molecular flexibility index (Phi) is 12.2. The van der Waals surface area contributed by atoms with Crippen LogP contribution in [-0.4, -0.2) is 76.1 Å². The van der Waals surface area contributed by atoms with E-state index in [1.54, 1.807) is 0 Å². The van der Waals surface area contributed by atoms with Crippen molar-refractivity contribution < 1.29 is 9.47 Å². The number of ether oxygens (including phenoxy) is 2. The van der Waals surface area contributed by atoms with Gasteiger partial charge in [0.1, 0.15) is 0 Å². The van der Waals surface area contributed by atoms with Gasteiger partial charge in [0.25, 0.3) is 0 Å². The average Bonchev–Trinajstić information content (AvgIpc) is 3.27. The highest BCUT2D eigenvalue weighted by atomic mass is 127. The van der Waals surface area contributed by atoms with Crippen LogP contribution in [0.3, 0.4) is 0 Å². The van der Waals surface area contributed by atoms with E-state index in [-0.39, 0.29) is 24.0 Å². The standard InChI is InChI=1S/C22H42N4O2.HI/c1-23-21(24-12-8-15-27-17-20-9-16-28-18-20)25-19-22(10-4-2-5-11-22)26-13-6-3-7-14-26;/h20H,2-19H2,1H3,(H2,23,24,25);1H. The van der Waals surface area contributed by atoms with Crippen LogP contribution < -0.4 is 10.6 Å². The van der Waals surface area contributed by atoms with E-state index in [2.05, 4.69) is 20.5 Å². The molecule has 0 amide bonds. The molecule has 0 aromatic rings. The molecule has 1 aliphatic carbocycles. The predicted octanol–water partition coefficient (Wildman–Crippen LogP) is 3.40. The zero-order chi connectivity index (χ0) is 19.5. The molecule has 0 aromatic heterocycles. The van der Waals surface area contributed by atoms with E-state index in [1.165, 1.54) is 64.5 Å². The van der Waals surface area contributed by atoms with Crippen molar-refractivity contribution in [3.8, 4) is 0 Å². The quantitative estimate of drug-likeness (QED) is 0.211. The number of rotatable bonds is 9. The maximum absolute atomic E-state index is 5.80. The Bertz CT molecular complexity index is 460. The highest BCUT2D eigenvalue weighted by Crippen LogP contribution is 2.35. The lowest BCUT2D eigenvalue weighted by molar-refractivity contribution is 0.0368. The third kappa shape index (κ3) is 8.15. The minimum Gasteiger partial charge on any atom is -0.381 e. The molecule has 3 aliphatic rings. The topological polar surface area (TPSA) is 58.1 Å². The Morgan fingerprint density at radius 1 is 1.10 bits per heavy atom. The number of hydrogen-bond donors (Lipinski definition) is 2. The molecule has 1 unspecified atom stereocenters. The van der Waals surface area contributed by atoms with Crippen LogP contribution >= 0.6 is 24.0 Å². The van der Waals surface area contributed by atoms with Gasteiger partial charge in [0.2, 0.25) is 0 Å². The van der Waals surface area contributed by atoms with Gasteiger partial charge in [-0.25, -0.2) is 0 Å². The smallest absolute Gasteiger partial charge is 0.191 e. The van der Waals surface area contributed by atoms with Gasteiger partial charge >= 0.3 is 0 Å². The first kappa shape index (κ1) is 25.1. The number of aliphatic imine (C=N–C) groups is 1. The molecule has 6 nitrogen and oxygen atoms in total. The first-order chi connectivity index (χ1) is 13.8. The number of nitrogens with zero attached hydrogens (tertiary/aromatic N) is 2. The maximum atomic E-state index is 5.80. The number of nitrogens with one attached hydrogen (secondary N) is 2. The fourth-order valence-corrected chi connectivity index (χ4v) is 5.00. The molecule has 3 fully saturated rings. The Morgan fingerprint density at radius 3 is 2.55 bits per heavy atom. The van der Waals surface area contributed by atoms with Gasteiger partial charge in [0.15, 0.2) is 5.96 Å². The molecule has 1 atom stereocenters. The summed E-state index contributed by atoms with van der Waals surface area (Å²) in [6, 6.07) is 0. The number of hydrogen-bond acceptors (Lipinski definition) is 4. The summed E-state index contributed by atoms with van der Waals surface area (Å²) < 4.78 is 11.2. The zero-order valence-corrected chi connectivity index (χ0v) is 20.8. The van der Waals surface area contributed by atoms with Gasteiger partial charge in [-0.3, -0.25) is 9.89 Å². The lowest BCUT2D eigenvalue weighted by Crippen LogP contribution is -2.59. The molecule has 1 saturated carbocycles. The Balaban J connectivity index is 0.00000300. The fourth-order valence-electron chi connectivity index (χ4n) is 5.00. The number of likely N-dealkylation sites (tertiary alicyclic amines) is 1. The van der Waals surface area contributed by atoms with Crippen molar-refractivity contribution in [2.24, 2.45) is 10.9 Å². The third-order valence-corrected chi connectivity index (χ3v) is 6.76. The van der Waals surface area contributed by atoms with E-state index in [1.807, 2.05) is 7.05 Å². The van der Waals surface area contributed by atoms with E-state index in [0.29, 0.717) is 11.5 Å². The summed E-state index contributed by atoms with van der Waals surface area (Å²) in [5.41, 5.74) is 0.336. The van der Waals surface area contributed by atoms with Crippen molar-refractivity contribution in [1.29, 1.82) is 0 Å². The van der Waals surface area contributed by atoms with Gasteiger partial charge in [-0.15, -0.1) is 24.0 Å². The van der Waals surface area contributed by atoms with Gasteiger partial charge in [0, 0.05) is 44.8 Å². The van der Waals surface area contributed by atoms with Gasteiger partial charge in [0.05, 0.1) is 13.2 Å². The zero-order valence-electron chi connectivity index (χ0n) is 18.4. The van der Waals surface area contributed by atoms with Crippen LogP contribution in [0.25, 0.3) is 0 Å². The highest BCUT2D eigenvalue weighted by molar-refractivity contribution is 14.0. The summed E-state index contributed by atoms with van der Waals surface area (Å²) in [5, 5.41) is 7.13. The van der Waals surface area contributed by atoms with Crippen molar-refractivity contribution in [3.05, 3.63) is 0 Å². The summed E-state index contributed by atoms with van der Waals surface area (Å²) in [7, 11) is 1.88. The van der Waals surface area contributed by atoms with Crippen LogP contribution in [-0.2, 0) is 9.47 Å². The molecule has 2 aliphatic heterocycles. The second-order valence-corrected chi connectivity index (χ2v) is 8.84. The lowest BCUT2D eigenvalue weighted by atomic mass is 9.79. The van der Waals surface area contributed by atoms with Crippen molar-refractivity contribution in [2.45, 2.75) is 69.7 Å². The van der Waals surface area contributed by atoms with Crippen molar-refractivity contribution in [3.63, 3.8) is 0 Å². The van der Waals surface area contributed by atoms with Crippen molar-refractivity contribution in [1.82, 2.24) is 15.5 Å². The molecular formula is C22H43IN4O2. The maximum Gasteiger partial charge on any atom is 0.191 e. The van der Waals surface area contributed by atoms with Crippen LogP contribution in [0.1, 0.15) is 64.2 Å². The van der Waals surface area contributed by atoms with Crippen LogP contribution in [0.15, 0.2) is 4.99 Å². The monoisotopic (exact) mass is 522 g/mol. The van der Waals surface area contributed by atoms with Crippen LogP contribution in [0.2, 0.25) is 0 Å².